The zero-order valence-electron chi connectivity index (χ0n) is 16.4. The molecule has 0 spiro atoms. The van der Waals surface area contributed by atoms with E-state index in [9.17, 15) is 0 Å². The Labute approximate surface area is 174 Å². The van der Waals surface area contributed by atoms with E-state index < -0.39 is 0 Å². The lowest BCUT2D eigenvalue weighted by Crippen LogP contribution is -1.99. The first-order chi connectivity index (χ1) is 14.2. The molecule has 29 heavy (non-hydrogen) atoms. The van der Waals surface area contributed by atoms with Gasteiger partial charge in [0.25, 0.3) is 0 Å². The van der Waals surface area contributed by atoms with Crippen LogP contribution in [-0.2, 0) is 0 Å². The van der Waals surface area contributed by atoms with E-state index in [0.717, 1.165) is 33.3 Å². The first kappa shape index (κ1) is 19.1. The third-order valence-corrected chi connectivity index (χ3v) is 5.08. The van der Waals surface area contributed by atoms with Crippen molar-refractivity contribution in [1.82, 2.24) is 4.98 Å². The van der Waals surface area contributed by atoms with Crippen molar-refractivity contribution >= 4 is 22.5 Å². The van der Waals surface area contributed by atoms with Crippen LogP contribution in [0.5, 0.6) is 17.2 Å². The largest absolute Gasteiger partial charge is 0.493 e. The van der Waals surface area contributed by atoms with Crippen molar-refractivity contribution in [3.63, 3.8) is 0 Å². The van der Waals surface area contributed by atoms with Crippen molar-refractivity contribution < 1.29 is 14.2 Å². The summed E-state index contributed by atoms with van der Waals surface area (Å²) in [4.78, 5) is 4.90. The Morgan fingerprint density at radius 3 is 2.03 bits per heavy atom. The predicted octanol–water partition coefficient (Wildman–Crippen LogP) is 6.25. The van der Waals surface area contributed by atoms with Gasteiger partial charge in [-0.25, -0.2) is 4.98 Å². The number of hydrogen-bond donors (Lipinski definition) is 0. The van der Waals surface area contributed by atoms with Crippen molar-refractivity contribution in [2.45, 2.75) is 0 Å². The molecule has 4 aromatic rings. The van der Waals surface area contributed by atoms with Crippen LogP contribution in [0.4, 0.5) is 0 Å². The van der Waals surface area contributed by atoms with Crippen LogP contribution in [0.2, 0.25) is 5.02 Å². The minimum Gasteiger partial charge on any atom is -0.493 e. The Bertz CT molecular complexity index is 1160. The molecule has 0 N–H and O–H groups in total. The number of hydrogen-bond acceptors (Lipinski definition) is 4. The summed E-state index contributed by atoms with van der Waals surface area (Å²) in [6.45, 7) is 0. The van der Waals surface area contributed by atoms with Crippen LogP contribution in [0.25, 0.3) is 33.3 Å². The van der Waals surface area contributed by atoms with E-state index in [1.54, 1.807) is 21.3 Å². The van der Waals surface area contributed by atoms with Gasteiger partial charge in [0.1, 0.15) is 0 Å². The molecule has 3 aromatic carbocycles. The van der Waals surface area contributed by atoms with Crippen LogP contribution in [0.15, 0.2) is 66.7 Å². The van der Waals surface area contributed by atoms with Crippen LogP contribution in [0.1, 0.15) is 0 Å². The molecule has 0 aliphatic heterocycles. The topological polar surface area (TPSA) is 40.6 Å². The summed E-state index contributed by atoms with van der Waals surface area (Å²) >= 11 is 6.07. The maximum atomic E-state index is 6.07. The van der Waals surface area contributed by atoms with Crippen molar-refractivity contribution in [3.05, 3.63) is 71.8 Å². The third-order valence-electron chi connectivity index (χ3n) is 4.83. The van der Waals surface area contributed by atoms with Gasteiger partial charge in [-0.2, -0.15) is 0 Å². The lowest BCUT2D eigenvalue weighted by molar-refractivity contribution is 0.327. The van der Waals surface area contributed by atoms with Gasteiger partial charge in [-0.3, -0.25) is 0 Å². The second-order valence-electron chi connectivity index (χ2n) is 6.47. The highest BCUT2D eigenvalue weighted by molar-refractivity contribution is 6.30. The lowest BCUT2D eigenvalue weighted by Gasteiger charge is -2.18. The van der Waals surface area contributed by atoms with Crippen molar-refractivity contribution in [2.24, 2.45) is 0 Å². The summed E-state index contributed by atoms with van der Waals surface area (Å²) in [5, 5.41) is 1.56. The number of ether oxygens (including phenoxy) is 3. The average Bonchev–Trinajstić information content (AvgIpc) is 2.77. The van der Waals surface area contributed by atoms with Crippen LogP contribution < -0.4 is 14.2 Å². The van der Waals surface area contributed by atoms with E-state index in [0.29, 0.717) is 22.3 Å². The van der Waals surface area contributed by atoms with Gasteiger partial charge in [-0.1, -0.05) is 54.1 Å². The fourth-order valence-corrected chi connectivity index (χ4v) is 3.60. The summed E-state index contributed by atoms with van der Waals surface area (Å²) in [5.74, 6) is 1.70. The zero-order valence-corrected chi connectivity index (χ0v) is 17.2. The first-order valence-corrected chi connectivity index (χ1v) is 9.49. The van der Waals surface area contributed by atoms with Crippen LogP contribution in [-0.4, -0.2) is 26.3 Å². The fourth-order valence-electron chi connectivity index (χ4n) is 3.48. The minimum atomic E-state index is 0.542. The smallest absolute Gasteiger partial charge is 0.204 e. The highest BCUT2D eigenvalue weighted by Gasteiger charge is 2.21. The van der Waals surface area contributed by atoms with Crippen LogP contribution >= 0.6 is 11.6 Å². The number of methoxy groups -OCH3 is 3. The Hall–Kier alpha value is -3.24. The van der Waals surface area contributed by atoms with Gasteiger partial charge in [0.15, 0.2) is 11.5 Å². The number of halogens is 1. The van der Waals surface area contributed by atoms with Crippen molar-refractivity contribution in [1.29, 1.82) is 0 Å². The molecule has 5 heteroatoms. The number of aromatic nitrogens is 1. The summed E-state index contributed by atoms with van der Waals surface area (Å²) in [5.41, 5.74) is 4.62. The molecule has 0 fully saturated rings. The average molecular weight is 406 g/mol. The predicted molar refractivity (Wildman–Crippen MR) is 117 cm³/mol. The zero-order chi connectivity index (χ0) is 20.4. The van der Waals surface area contributed by atoms with E-state index in [1.165, 1.54) is 0 Å². The Morgan fingerprint density at radius 2 is 1.41 bits per heavy atom. The molecule has 0 aliphatic carbocycles. The number of benzene rings is 3. The first-order valence-electron chi connectivity index (χ1n) is 9.11. The summed E-state index contributed by atoms with van der Waals surface area (Å²) in [6, 6.07) is 21.7. The standard InChI is InChI=1S/C24H20ClNO3/c1-27-21-14-20-22(24(29-3)23(21)28-2)18(15-7-5-4-6-8-15)13-19(26-20)16-9-11-17(25)12-10-16/h4-14H,1-3H3. The van der Waals surface area contributed by atoms with E-state index in [2.05, 4.69) is 18.2 Å². The second-order valence-corrected chi connectivity index (χ2v) is 6.90. The summed E-state index contributed by atoms with van der Waals surface area (Å²) < 4.78 is 16.9. The quantitative estimate of drug-likeness (QED) is 0.393. The fraction of sp³-hybridized carbons (Fsp3) is 0.125. The van der Waals surface area contributed by atoms with Gasteiger partial charge in [0, 0.05) is 16.7 Å². The molecule has 1 aromatic heterocycles. The molecular weight excluding hydrogens is 386 g/mol. The van der Waals surface area contributed by atoms with E-state index in [-0.39, 0.29) is 0 Å². The molecule has 0 bridgehead atoms. The second kappa shape index (κ2) is 8.02. The van der Waals surface area contributed by atoms with Gasteiger partial charge in [-0.05, 0) is 29.3 Å². The van der Waals surface area contributed by atoms with E-state index in [1.807, 2.05) is 48.5 Å². The molecule has 0 aliphatic rings. The Kier molecular flexibility index (Phi) is 5.28. The normalized spacial score (nSPS) is 10.8. The number of fused-ring (bicyclic) bond motifs is 1. The molecule has 0 amide bonds. The molecule has 1 heterocycles. The van der Waals surface area contributed by atoms with Gasteiger partial charge in [0.05, 0.1) is 37.9 Å². The molecule has 4 rings (SSSR count). The van der Waals surface area contributed by atoms with Gasteiger partial charge >= 0.3 is 0 Å². The third kappa shape index (κ3) is 3.47. The highest BCUT2D eigenvalue weighted by Crippen LogP contribution is 2.47. The summed E-state index contributed by atoms with van der Waals surface area (Å²) in [7, 11) is 4.83. The Morgan fingerprint density at radius 1 is 0.724 bits per heavy atom. The van der Waals surface area contributed by atoms with Gasteiger partial charge in [-0.15, -0.1) is 0 Å². The SMILES string of the molecule is COc1cc2nc(-c3ccc(Cl)cc3)cc(-c3ccccc3)c2c(OC)c1OC. The monoisotopic (exact) mass is 405 g/mol. The van der Waals surface area contributed by atoms with Gasteiger partial charge < -0.3 is 14.2 Å². The lowest BCUT2D eigenvalue weighted by atomic mass is 9.97. The maximum Gasteiger partial charge on any atom is 0.204 e. The number of pyridine rings is 1. The summed E-state index contributed by atoms with van der Waals surface area (Å²) in [6.07, 6.45) is 0. The molecule has 0 saturated heterocycles. The number of rotatable bonds is 5. The van der Waals surface area contributed by atoms with E-state index >= 15 is 0 Å². The van der Waals surface area contributed by atoms with Gasteiger partial charge in [0.2, 0.25) is 5.75 Å². The Balaban J connectivity index is 2.11. The maximum absolute atomic E-state index is 6.07. The molecule has 0 radical (unpaired) electrons. The molecule has 0 unspecified atom stereocenters. The minimum absolute atomic E-state index is 0.542. The molecule has 0 atom stereocenters. The molecule has 146 valence electrons. The van der Waals surface area contributed by atoms with Crippen LogP contribution in [0, 0.1) is 0 Å². The number of nitrogens with zero attached hydrogens (tertiary/aromatic N) is 1. The molecule has 4 nitrogen and oxygen atoms in total. The highest BCUT2D eigenvalue weighted by atomic mass is 35.5. The van der Waals surface area contributed by atoms with Crippen LogP contribution in [0.3, 0.4) is 0 Å². The van der Waals surface area contributed by atoms with E-state index in [4.69, 9.17) is 30.8 Å². The molecule has 0 saturated carbocycles. The van der Waals surface area contributed by atoms with Crippen molar-refractivity contribution in [2.75, 3.05) is 21.3 Å². The van der Waals surface area contributed by atoms with Crippen molar-refractivity contribution in [3.8, 4) is 39.6 Å². The molecular formula is C24H20ClNO3.